The number of aromatic amines is 1. The molecule has 0 aliphatic rings. The zero-order valence-corrected chi connectivity index (χ0v) is 13.4. The first-order chi connectivity index (χ1) is 9.27. The van der Waals surface area contributed by atoms with Crippen molar-refractivity contribution >= 4 is 27.7 Å². The second-order valence-electron chi connectivity index (χ2n) is 5.53. The Morgan fingerprint density at radius 3 is 2.65 bits per heavy atom. The number of carbonyl (C=O) groups excluding carboxylic acids is 1. The number of amides is 1. The van der Waals surface area contributed by atoms with Crippen molar-refractivity contribution in [1.82, 2.24) is 20.2 Å². The highest BCUT2D eigenvalue weighted by atomic mass is 79.9. The van der Waals surface area contributed by atoms with E-state index in [1.54, 1.807) is 6.20 Å². The smallest absolute Gasteiger partial charge is 0.296 e. The Hall–Kier alpha value is -1.76. The first-order valence-corrected chi connectivity index (χ1v) is 6.93. The minimum absolute atomic E-state index is 0.110. The molecular weight excluding hydrogens is 322 g/mol. The van der Waals surface area contributed by atoms with Gasteiger partial charge in [0.2, 0.25) is 5.82 Å². The number of nitrogens with one attached hydrogen (secondary N) is 2. The van der Waals surface area contributed by atoms with Crippen LogP contribution in [0.15, 0.2) is 16.7 Å². The number of rotatable bonds is 2. The summed E-state index contributed by atoms with van der Waals surface area (Å²) >= 11 is 3.33. The van der Waals surface area contributed by atoms with Gasteiger partial charge in [0.1, 0.15) is 11.6 Å². The summed E-state index contributed by atoms with van der Waals surface area (Å²) in [7, 11) is 0. The van der Waals surface area contributed by atoms with Crippen LogP contribution < -0.4 is 5.32 Å². The van der Waals surface area contributed by atoms with Crippen LogP contribution in [0.1, 0.15) is 42.8 Å². The number of halogens is 1. The number of carbonyl (C=O) groups is 1. The maximum atomic E-state index is 12.1. The summed E-state index contributed by atoms with van der Waals surface area (Å²) in [5.74, 6) is 0.900. The Labute approximate surface area is 125 Å². The molecule has 0 aliphatic carbocycles. The van der Waals surface area contributed by atoms with Crippen molar-refractivity contribution in [2.45, 2.75) is 33.1 Å². The first kappa shape index (κ1) is 14.6. The van der Waals surface area contributed by atoms with E-state index in [1.807, 2.05) is 33.8 Å². The van der Waals surface area contributed by atoms with Gasteiger partial charge in [-0.15, -0.1) is 5.10 Å². The molecule has 6 nitrogen and oxygen atoms in total. The van der Waals surface area contributed by atoms with E-state index in [1.165, 1.54) is 0 Å². The molecule has 0 spiro atoms. The lowest BCUT2D eigenvalue weighted by atomic mass is 9.96. The van der Waals surface area contributed by atoms with E-state index >= 15 is 0 Å². The number of nitrogens with zero attached hydrogens (tertiary/aromatic N) is 3. The monoisotopic (exact) mass is 337 g/mol. The fraction of sp³-hybridized carbons (Fsp3) is 0.385. The van der Waals surface area contributed by atoms with Gasteiger partial charge in [-0.3, -0.25) is 9.89 Å². The van der Waals surface area contributed by atoms with Crippen LogP contribution >= 0.6 is 15.9 Å². The molecule has 0 fully saturated rings. The maximum Gasteiger partial charge on any atom is 0.296 e. The van der Waals surface area contributed by atoms with E-state index in [9.17, 15) is 4.79 Å². The van der Waals surface area contributed by atoms with Crippen LogP contribution in [0.4, 0.5) is 5.82 Å². The Morgan fingerprint density at radius 2 is 2.10 bits per heavy atom. The molecular formula is C13H16BrN5O. The van der Waals surface area contributed by atoms with Crippen molar-refractivity contribution in [3.05, 3.63) is 33.9 Å². The van der Waals surface area contributed by atoms with E-state index in [0.717, 1.165) is 10.0 Å². The van der Waals surface area contributed by atoms with Crippen LogP contribution in [-0.2, 0) is 5.41 Å². The summed E-state index contributed by atoms with van der Waals surface area (Å²) in [6.07, 6.45) is 1.63. The van der Waals surface area contributed by atoms with Crippen LogP contribution in [0.2, 0.25) is 0 Å². The SMILES string of the molecule is Cc1cc(Br)cnc1NC(=O)c1n[nH]c(C(C)(C)C)n1. The van der Waals surface area contributed by atoms with Gasteiger partial charge in [-0.1, -0.05) is 20.8 Å². The van der Waals surface area contributed by atoms with Crippen molar-refractivity contribution in [3.63, 3.8) is 0 Å². The Morgan fingerprint density at radius 1 is 1.40 bits per heavy atom. The molecule has 0 bridgehead atoms. The molecule has 2 aromatic rings. The predicted molar refractivity (Wildman–Crippen MR) is 79.7 cm³/mol. The molecule has 1 amide bonds. The van der Waals surface area contributed by atoms with Gasteiger partial charge in [-0.25, -0.2) is 9.97 Å². The summed E-state index contributed by atoms with van der Waals surface area (Å²) < 4.78 is 0.862. The third-order valence-corrected chi connectivity index (χ3v) is 3.11. The van der Waals surface area contributed by atoms with E-state index in [2.05, 4.69) is 41.4 Å². The van der Waals surface area contributed by atoms with Crippen molar-refractivity contribution in [3.8, 4) is 0 Å². The number of H-pyrrole nitrogens is 1. The molecule has 2 heterocycles. The van der Waals surface area contributed by atoms with Gasteiger partial charge in [0.05, 0.1) is 0 Å². The summed E-state index contributed by atoms with van der Waals surface area (Å²) in [6, 6.07) is 1.88. The summed E-state index contributed by atoms with van der Waals surface area (Å²) in [5.41, 5.74) is 0.677. The molecule has 0 aliphatic heterocycles. The number of aromatic nitrogens is 4. The normalized spacial score (nSPS) is 11.4. The zero-order chi connectivity index (χ0) is 14.9. The third-order valence-electron chi connectivity index (χ3n) is 2.68. The van der Waals surface area contributed by atoms with Gasteiger partial charge in [0, 0.05) is 16.1 Å². The van der Waals surface area contributed by atoms with E-state index in [0.29, 0.717) is 11.6 Å². The highest BCUT2D eigenvalue weighted by Crippen LogP contribution is 2.19. The fourth-order valence-electron chi connectivity index (χ4n) is 1.53. The Balaban J connectivity index is 2.18. The summed E-state index contributed by atoms with van der Waals surface area (Å²) in [6.45, 7) is 7.85. The first-order valence-electron chi connectivity index (χ1n) is 6.14. The van der Waals surface area contributed by atoms with Crippen LogP contribution in [0.25, 0.3) is 0 Å². The lowest BCUT2D eigenvalue weighted by Crippen LogP contribution is -2.17. The molecule has 0 radical (unpaired) electrons. The average molecular weight is 338 g/mol. The van der Waals surface area contributed by atoms with Crippen LogP contribution in [-0.4, -0.2) is 26.1 Å². The van der Waals surface area contributed by atoms with E-state index in [-0.39, 0.29) is 17.1 Å². The number of hydrogen-bond acceptors (Lipinski definition) is 4. The maximum absolute atomic E-state index is 12.1. The van der Waals surface area contributed by atoms with Gasteiger partial charge in [0.15, 0.2) is 0 Å². The molecule has 7 heteroatoms. The zero-order valence-electron chi connectivity index (χ0n) is 11.8. The topological polar surface area (TPSA) is 83.6 Å². The fourth-order valence-corrected chi connectivity index (χ4v) is 1.98. The van der Waals surface area contributed by atoms with Gasteiger partial charge >= 0.3 is 0 Å². The van der Waals surface area contributed by atoms with Crippen molar-refractivity contribution < 1.29 is 4.79 Å². The molecule has 2 aromatic heterocycles. The van der Waals surface area contributed by atoms with Crippen molar-refractivity contribution in [1.29, 1.82) is 0 Å². The minimum Gasteiger partial charge on any atom is -0.304 e. The van der Waals surface area contributed by atoms with Gasteiger partial charge in [-0.05, 0) is 34.5 Å². The van der Waals surface area contributed by atoms with E-state index in [4.69, 9.17) is 0 Å². The lowest BCUT2D eigenvalue weighted by molar-refractivity contribution is 0.101. The molecule has 0 saturated carbocycles. The highest BCUT2D eigenvalue weighted by molar-refractivity contribution is 9.10. The van der Waals surface area contributed by atoms with Crippen molar-refractivity contribution in [2.75, 3.05) is 5.32 Å². The quantitative estimate of drug-likeness (QED) is 0.882. The van der Waals surface area contributed by atoms with Crippen LogP contribution in [0, 0.1) is 6.92 Å². The predicted octanol–water partition coefficient (Wildman–Crippen LogP) is 2.82. The molecule has 0 aromatic carbocycles. The molecule has 2 rings (SSSR count). The van der Waals surface area contributed by atoms with Crippen LogP contribution in [0.3, 0.4) is 0 Å². The van der Waals surface area contributed by atoms with Gasteiger partial charge in [0.25, 0.3) is 5.91 Å². The van der Waals surface area contributed by atoms with Gasteiger partial charge < -0.3 is 5.32 Å². The molecule has 0 saturated heterocycles. The lowest BCUT2D eigenvalue weighted by Gasteiger charge is -2.12. The molecule has 106 valence electrons. The molecule has 2 N–H and O–H groups in total. The molecule has 0 unspecified atom stereocenters. The van der Waals surface area contributed by atoms with E-state index < -0.39 is 0 Å². The molecule has 0 atom stereocenters. The Kier molecular flexibility index (Phi) is 3.89. The minimum atomic E-state index is -0.380. The standard InChI is InChI=1S/C13H16BrN5O/c1-7-5-8(14)6-15-9(7)16-11(20)10-17-12(19-18-10)13(2,3)4/h5-6H,1-4H3,(H,15,16,20)(H,17,18,19). The van der Waals surface area contributed by atoms with Crippen LogP contribution in [0.5, 0.6) is 0 Å². The Bertz CT molecular complexity index is 644. The number of anilines is 1. The second-order valence-corrected chi connectivity index (χ2v) is 6.45. The third kappa shape index (κ3) is 3.22. The average Bonchev–Trinajstić information content (AvgIpc) is 2.82. The largest absolute Gasteiger partial charge is 0.304 e. The number of pyridine rings is 1. The second kappa shape index (κ2) is 5.32. The summed E-state index contributed by atoms with van der Waals surface area (Å²) in [4.78, 5) is 20.4. The highest BCUT2D eigenvalue weighted by Gasteiger charge is 2.21. The summed E-state index contributed by atoms with van der Waals surface area (Å²) in [5, 5.41) is 9.43. The number of hydrogen-bond donors (Lipinski definition) is 2. The van der Waals surface area contributed by atoms with Gasteiger partial charge in [-0.2, -0.15) is 0 Å². The van der Waals surface area contributed by atoms with Crippen molar-refractivity contribution in [2.24, 2.45) is 0 Å². The molecule has 20 heavy (non-hydrogen) atoms. The number of aryl methyl sites for hydroxylation is 1.